The summed E-state index contributed by atoms with van der Waals surface area (Å²) in [5.74, 6) is -0.298. The Labute approximate surface area is 205 Å². The zero-order valence-corrected chi connectivity index (χ0v) is 20.6. The van der Waals surface area contributed by atoms with E-state index in [1.165, 1.54) is 0 Å². The minimum atomic E-state index is -0.939. The number of likely N-dealkylation sites (tertiary alicyclic amines) is 1. The zero-order valence-electron chi connectivity index (χ0n) is 20.6. The third-order valence-electron chi connectivity index (χ3n) is 7.05. The molecule has 3 atom stereocenters. The van der Waals surface area contributed by atoms with Crippen LogP contribution in [-0.2, 0) is 0 Å². The number of nitrogen functional groups attached to an aromatic ring is 1. The topological polar surface area (TPSA) is 86.0 Å². The van der Waals surface area contributed by atoms with Crippen LogP contribution in [0.2, 0.25) is 0 Å². The van der Waals surface area contributed by atoms with Gasteiger partial charge in [-0.1, -0.05) is 19.6 Å². The van der Waals surface area contributed by atoms with Crippen LogP contribution >= 0.6 is 0 Å². The first-order valence-corrected chi connectivity index (χ1v) is 12.0. The molecule has 0 radical (unpaired) electrons. The van der Waals surface area contributed by atoms with Crippen LogP contribution in [0.15, 0.2) is 59.3 Å². The number of amidine groups is 1. The Balaban J connectivity index is 1.45. The normalized spacial score (nSPS) is 27.7. The van der Waals surface area contributed by atoms with E-state index in [9.17, 15) is 13.6 Å². The molecule has 3 heterocycles. The molecule has 2 saturated heterocycles. The van der Waals surface area contributed by atoms with Gasteiger partial charge in [-0.25, -0.2) is 8.78 Å². The van der Waals surface area contributed by atoms with Gasteiger partial charge in [-0.15, -0.1) is 0 Å². The van der Waals surface area contributed by atoms with Crippen LogP contribution < -0.4 is 21.4 Å². The highest BCUT2D eigenvalue weighted by Crippen LogP contribution is 2.35. The molecule has 1 amide bonds. The first kappa shape index (κ1) is 24.9. The smallest absolute Gasteiger partial charge is 0.258 e. The second kappa shape index (κ2) is 9.81. The summed E-state index contributed by atoms with van der Waals surface area (Å²) < 4.78 is 27.3. The van der Waals surface area contributed by atoms with Crippen molar-refractivity contribution >= 4 is 23.1 Å². The Morgan fingerprint density at radius 3 is 2.60 bits per heavy atom. The number of fused-ring (bicyclic) bond motifs is 1. The van der Waals surface area contributed by atoms with Gasteiger partial charge in [0.05, 0.1) is 11.1 Å². The molecule has 1 aromatic rings. The molecule has 0 aliphatic carbocycles. The van der Waals surface area contributed by atoms with Crippen molar-refractivity contribution in [1.29, 1.82) is 0 Å². The fraction of sp³-hybridized carbons (Fsp3) is 0.462. The van der Waals surface area contributed by atoms with Crippen LogP contribution in [0.25, 0.3) is 0 Å². The summed E-state index contributed by atoms with van der Waals surface area (Å²) in [4.78, 5) is 17.8. The average Bonchev–Trinajstić information content (AvgIpc) is 3.40. The number of hydrogen-bond acceptors (Lipinski definition) is 6. The summed E-state index contributed by atoms with van der Waals surface area (Å²) in [6, 6.07) is 5.52. The molecule has 3 aliphatic heterocycles. The first-order chi connectivity index (χ1) is 16.6. The van der Waals surface area contributed by atoms with Crippen molar-refractivity contribution in [3.63, 3.8) is 0 Å². The lowest BCUT2D eigenvalue weighted by Crippen LogP contribution is -2.40. The summed E-state index contributed by atoms with van der Waals surface area (Å²) in [5, 5.41) is 7.05. The molecule has 4 N–H and O–H groups in total. The lowest BCUT2D eigenvalue weighted by molar-refractivity contribution is 0.0978. The summed E-state index contributed by atoms with van der Waals surface area (Å²) >= 11 is 0. The van der Waals surface area contributed by atoms with Crippen LogP contribution in [-0.4, -0.2) is 55.4 Å². The van der Waals surface area contributed by atoms with Gasteiger partial charge in [-0.05, 0) is 50.4 Å². The minimum absolute atomic E-state index is 0.144. The quantitative estimate of drug-likeness (QED) is 0.423. The lowest BCUT2D eigenvalue weighted by Gasteiger charge is -2.25. The molecule has 0 bridgehead atoms. The van der Waals surface area contributed by atoms with Gasteiger partial charge in [0.15, 0.2) is 5.84 Å². The number of allylic oxidation sites excluding steroid dienone is 3. The van der Waals surface area contributed by atoms with E-state index in [4.69, 9.17) is 5.73 Å². The van der Waals surface area contributed by atoms with E-state index in [-0.39, 0.29) is 6.42 Å². The van der Waals surface area contributed by atoms with Crippen LogP contribution in [0, 0.1) is 11.8 Å². The number of nitrogens with two attached hydrogens (primary N) is 1. The van der Waals surface area contributed by atoms with Gasteiger partial charge in [0.1, 0.15) is 11.7 Å². The number of carbonyl (C=O) groups excluding carboxylic acids is 1. The number of nitrogens with zero attached hydrogens (tertiary/aromatic N) is 3. The van der Waals surface area contributed by atoms with E-state index >= 15 is 0 Å². The van der Waals surface area contributed by atoms with E-state index in [0.717, 1.165) is 37.9 Å². The molecule has 4 rings (SSSR count). The molecular weight excluding hydrogens is 450 g/mol. The van der Waals surface area contributed by atoms with Gasteiger partial charge in [0, 0.05) is 55.6 Å². The third-order valence-corrected chi connectivity index (χ3v) is 7.05. The monoisotopic (exact) mass is 484 g/mol. The summed E-state index contributed by atoms with van der Waals surface area (Å²) in [6.07, 6.45) is 3.12. The summed E-state index contributed by atoms with van der Waals surface area (Å²) in [6.45, 7) is 11.0. The molecule has 0 saturated carbocycles. The Morgan fingerprint density at radius 1 is 1.31 bits per heavy atom. The predicted octanol–water partition coefficient (Wildman–Crippen LogP) is 3.73. The van der Waals surface area contributed by atoms with Gasteiger partial charge < -0.3 is 20.9 Å². The second-order valence-corrected chi connectivity index (χ2v) is 10.0. The Morgan fingerprint density at radius 2 is 2.00 bits per heavy atom. The van der Waals surface area contributed by atoms with Gasteiger partial charge in [0.25, 0.3) is 5.91 Å². The molecule has 1 aromatic carbocycles. The van der Waals surface area contributed by atoms with Crippen molar-refractivity contribution in [2.24, 2.45) is 16.9 Å². The number of rotatable bonds is 6. The highest BCUT2D eigenvalue weighted by atomic mass is 19.1. The van der Waals surface area contributed by atoms with Crippen molar-refractivity contribution in [3.05, 3.63) is 59.7 Å². The molecule has 188 valence electrons. The molecule has 3 aliphatic rings. The van der Waals surface area contributed by atoms with Crippen LogP contribution in [0.5, 0.6) is 0 Å². The van der Waals surface area contributed by atoms with Crippen LogP contribution in [0.3, 0.4) is 0 Å². The number of halogens is 2. The number of benzene rings is 1. The fourth-order valence-electron chi connectivity index (χ4n) is 5.44. The maximum Gasteiger partial charge on any atom is 0.258 e. The molecule has 9 heteroatoms. The van der Waals surface area contributed by atoms with Gasteiger partial charge in [0.2, 0.25) is 0 Å². The Bertz CT molecular complexity index is 1100. The van der Waals surface area contributed by atoms with E-state index in [0.29, 0.717) is 40.9 Å². The highest BCUT2D eigenvalue weighted by molar-refractivity contribution is 6.15. The van der Waals surface area contributed by atoms with Crippen LogP contribution in [0.1, 0.15) is 37.0 Å². The van der Waals surface area contributed by atoms with Gasteiger partial charge in [-0.2, -0.15) is 5.10 Å². The Kier molecular flexibility index (Phi) is 6.98. The average molecular weight is 485 g/mol. The van der Waals surface area contributed by atoms with Crippen LogP contribution in [0.4, 0.5) is 20.2 Å². The predicted molar refractivity (Wildman–Crippen MR) is 136 cm³/mol. The van der Waals surface area contributed by atoms with Gasteiger partial charge >= 0.3 is 0 Å². The van der Waals surface area contributed by atoms with Gasteiger partial charge in [-0.3, -0.25) is 10.2 Å². The van der Waals surface area contributed by atoms with E-state index < -0.39 is 23.1 Å². The standard InChI is InChI=1S/C26H34F2N6O/c1-5-6-22-24(31-32-26(22,3)11-19(28)9-16(2)27)30-25(35)21-8-7-20(10-23(21)29)34-14-17-12-33(4)13-18(17)15-34/h6-10,17-18,32H,2,5,11-15,29H2,1,3-4H3,(H,30,31,35)/b19-9+,22-6-. The van der Waals surface area contributed by atoms with E-state index in [1.54, 1.807) is 13.0 Å². The van der Waals surface area contributed by atoms with Crippen molar-refractivity contribution in [3.8, 4) is 0 Å². The maximum atomic E-state index is 14.3. The summed E-state index contributed by atoms with van der Waals surface area (Å²) in [7, 11) is 2.16. The van der Waals surface area contributed by atoms with Crippen molar-refractivity contribution in [1.82, 2.24) is 15.6 Å². The van der Waals surface area contributed by atoms with E-state index in [1.807, 2.05) is 25.1 Å². The number of amides is 1. The second-order valence-electron chi connectivity index (χ2n) is 10.0. The molecule has 3 unspecified atom stereocenters. The van der Waals surface area contributed by atoms with Crippen molar-refractivity contribution < 1.29 is 13.6 Å². The molecule has 0 spiro atoms. The first-order valence-electron chi connectivity index (χ1n) is 12.0. The van der Waals surface area contributed by atoms with E-state index in [2.05, 4.69) is 39.3 Å². The zero-order chi connectivity index (χ0) is 25.3. The molecular formula is C26H34F2N6O. The number of nitrogens with one attached hydrogen (secondary N) is 2. The van der Waals surface area contributed by atoms with Crippen molar-refractivity contribution in [2.75, 3.05) is 43.9 Å². The minimum Gasteiger partial charge on any atom is -0.398 e. The van der Waals surface area contributed by atoms with Crippen molar-refractivity contribution in [2.45, 2.75) is 32.2 Å². The third kappa shape index (κ3) is 5.24. The molecule has 2 fully saturated rings. The molecule has 7 nitrogen and oxygen atoms in total. The number of anilines is 2. The summed E-state index contributed by atoms with van der Waals surface area (Å²) in [5.41, 5.74) is 10.6. The largest absolute Gasteiger partial charge is 0.398 e. The number of carbonyl (C=O) groups is 1. The SMILES string of the molecule is C=C(F)/C=C(/F)CC1(C)NN=C(NC(=O)c2ccc(N3CC4CN(C)CC4C3)cc2N)/C1=C/CC. The Hall–Kier alpha value is -3.20. The highest BCUT2D eigenvalue weighted by Gasteiger charge is 2.40. The number of hydrogen-bond donors (Lipinski definition) is 3. The lowest BCUT2D eigenvalue weighted by atomic mass is 9.87. The number of hydrazone groups is 1. The fourth-order valence-corrected chi connectivity index (χ4v) is 5.44. The maximum absolute atomic E-state index is 14.3. The molecule has 35 heavy (non-hydrogen) atoms. The molecule has 0 aromatic heterocycles.